The fourth-order valence-corrected chi connectivity index (χ4v) is 7.37. The van der Waals surface area contributed by atoms with Crippen LogP contribution >= 0.6 is 7.82 Å². The van der Waals surface area contributed by atoms with E-state index in [1.54, 1.807) is 0 Å². The Bertz CT molecular complexity index is 1010. The Morgan fingerprint density at radius 2 is 0.944 bits per heavy atom. The van der Waals surface area contributed by atoms with Gasteiger partial charge in [-0.15, -0.1) is 0 Å². The van der Waals surface area contributed by atoms with E-state index in [1.165, 1.54) is 77.0 Å². The summed E-state index contributed by atoms with van der Waals surface area (Å²) in [5, 5.41) is 50.0. The molecular weight excluding hydrogens is 719 g/mol. The number of hydrogen-bond acceptors (Lipinski definition) is 12. The Balaban J connectivity index is 2.51. The van der Waals surface area contributed by atoms with Gasteiger partial charge >= 0.3 is 19.8 Å². The average Bonchev–Trinajstić information content (AvgIpc) is 3.15. The first-order valence-electron chi connectivity index (χ1n) is 21.0. The van der Waals surface area contributed by atoms with Crippen LogP contribution in [0.25, 0.3) is 0 Å². The molecule has 1 aliphatic carbocycles. The number of hydrogen-bond donors (Lipinski definition) is 6. The van der Waals surface area contributed by atoms with Gasteiger partial charge in [-0.05, 0) is 38.5 Å². The van der Waals surface area contributed by atoms with Gasteiger partial charge in [0.15, 0.2) is 6.10 Å². The molecule has 0 spiro atoms. The van der Waals surface area contributed by atoms with Crippen LogP contribution in [-0.4, -0.2) is 98.3 Å². The zero-order valence-electron chi connectivity index (χ0n) is 33.3. The molecule has 1 saturated carbocycles. The molecule has 8 atom stereocenters. The smallest absolute Gasteiger partial charge is 0.462 e. The fourth-order valence-electron chi connectivity index (χ4n) is 6.40. The van der Waals surface area contributed by atoms with E-state index in [9.17, 15) is 44.6 Å². The van der Waals surface area contributed by atoms with E-state index in [-0.39, 0.29) is 12.8 Å². The highest BCUT2D eigenvalue weighted by Crippen LogP contribution is 2.47. The number of ether oxygens (including phenoxy) is 2. The Morgan fingerprint density at radius 3 is 1.41 bits per heavy atom. The number of phosphoric acid groups is 1. The van der Waals surface area contributed by atoms with Gasteiger partial charge in [0, 0.05) is 12.8 Å². The van der Waals surface area contributed by atoms with Crippen LogP contribution in [0.15, 0.2) is 12.2 Å². The molecule has 0 aromatic carbocycles. The van der Waals surface area contributed by atoms with E-state index in [4.69, 9.17) is 18.5 Å². The summed E-state index contributed by atoms with van der Waals surface area (Å²) in [6.45, 7) is 3.25. The van der Waals surface area contributed by atoms with Crippen LogP contribution in [0.5, 0.6) is 0 Å². The molecular formula is C40H75O13P. The average molecular weight is 795 g/mol. The summed E-state index contributed by atoms with van der Waals surface area (Å²) in [5.41, 5.74) is 0. The maximum absolute atomic E-state index is 12.8. The normalized spacial score (nSPS) is 23.3. The van der Waals surface area contributed by atoms with E-state index < -0.39 is 75.7 Å². The highest BCUT2D eigenvalue weighted by atomic mass is 31.2. The van der Waals surface area contributed by atoms with Crippen molar-refractivity contribution in [2.24, 2.45) is 0 Å². The molecule has 0 aromatic heterocycles. The van der Waals surface area contributed by atoms with Crippen LogP contribution in [0.2, 0.25) is 0 Å². The molecule has 318 valence electrons. The molecule has 6 unspecified atom stereocenters. The first-order valence-corrected chi connectivity index (χ1v) is 22.5. The second-order valence-corrected chi connectivity index (χ2v) is 16.3. The fraction of sp³-hybridized carbons (Fsp3) is 0.900. The minimum atomic E-state index is -5.11. The number of allylic oxidation sites excluding steroid dienone is 2. The lowest BCUT2D eigenvalue weighted by Crippen LogP contribution is -2.64. The maximum atomic E-state index is 12.8. The van der Waals surface area contributed by atoms with Gasteiger partial charge in [0.1, 0.15) is 43.2 Å². The Hall–Kier alpha value is -1.41. The number of carbonyl (C=O) groups is 2. The highest BCUT2D eigenvalue weighted by Gasteiger charge is 2.51. The predicted octanol–water partition coefficient (Wildman–Crippen LogP) is 7.11. The largest absolute Gasteiger partial charge is 0.472 e. The number of carbonyl (C=O) groups excluding carboxylic acids is 2. The van der Waals surface area contributed by atoms with Gasteiger partial charge in [-0.3, -0.25) is 18.6 Å². The molecule has 54 heavy (non-hydrogen) atoms. The van der Waals surface area contributed by atoms with Crippen LogP contribution < -0.4 is 0 Å². The van der Waals surface area contributed by atoms with Crippen molar-refractivity contribution in [3.8, 4) is 0 Å². The second-order valence-electron chi connectivity index (χ2n) is 14.8. The van der Waals surface area contributed by atoms with Crippen molar-refractivity contribution in [1.82, 2.24) is 0 Å². The molecule has 0 saturated heterocycles. The zero-order chi connectivity index (χ0) is 40.0. The predicted molar refractivity (Wildman–Crippen MR) is 207 cm³/mol. The SMILES string of the molecule is CCCCCCC/C=C/CCCCCCCC(=O)O[C@H](COC(=O)CCCCCCCCCCCCC)COP(=O)(O)OC1C(O)C(O)C(O)[C@@H](O)C1O. The maximum Gasteiger partial charge on any atom is 0.472 e. The van der Waals surface area contributed by atoms with Gasteiger partial charge in [-0.2, -0.15) is 0 Å². The molecule has 14 heteroatoms. The van der Waals surface area contributed by atoms with Crippen LogP contribution in [-0.2, 0) is 32.7 Å². The summed E-state index contributed by atoms with van der Waals surface area (Å²) in [6, 6.07) is 0. The van der Waals surface area contributed by atoms with Gasteiger partial charge < -0.3 is 39.9 Å². The number of rotatable bonds is 34. The zero-order valence-corrected chi connectivity index (χ0v) is 34.2. The third-order valence-corrected chi connectivity index (χ3v) is 10.8. The standard InChI is InChI=1S/C40H75O13P/c1-3-5-7-9-11-13-15-16-17-19-21-23-25-27-29-34(42)52-32(30-50-33(41)28-26-24-22-20-18-14-12-10-8-6-4-2)31-51-54(48,49)53-40-38(46)36(44)35(43)37(45)39(40)47/h15-16,32,35-40,43-47H,3-14,17-31H2,1-2H3,(H,48,49)/b16-15+/t32-,35?,36-,37?,38?,39?,40?/m1/s1. The van der Waals surface area contributed by atoms with E-state index in [1.807, 2.05) is 0 Å². The van der Waals surface area contributed by atoms with Gasteiger partial charge in [0.25, 0.3) is 0 Å². The van der Waals surface area contributed by atoms with Crippen molar-refractivity contribution in [3.63, 3.8) is 0 Å². The summed E-state index contributed by atoms with van der Waals surface area (Å²) in [4.78, 5) is 35.5. The lowest BCUT2D eigenvalue weighted by molar-refractivity contribution is -0.220. The number of aliphatic hydroxyl groups is 5. The summed E-state index contributed by atoms with van der Waals surface area (Å²) in [5.74, 6) is -1.11. The molecule has 1 rings (SSSR count). The van der Waals surface area contributed by atoms with E-state index in [0.717, 1.165) is 57.8 Å². The number of aliphatic hydroxyl groups excluding tert-OH is 5. The van der Waals surface area contributed by atoms with Gasteiger partial charge in [0.2, 0.25) is 0 Å². The summed E-state index contributed by atoms with van der Waals surface area (Å²) < 4.78 is 33.4. The van der Waals surface area contributed by atoms with Crippen molar-refractivity contribution in [2.45, 2.75) is 217 Å². The first-order chi connectivity index (χ1) is 25.9. The van der Waals surface area contributed by atoms with Crippen LogP contribution in [0.3, 0.4) is 0 Å². The molecule has 0 bridgehead atoms. The Labute approximate surface area is 324 Å². The third-order valence-electron chi connectivity index (χ3n) is 9.86. The molecule has 6 N–H and O–H groups in total. The third kappa shape index (κ3) is 24.3. The monoisotopic (exact) mass is 794 g/mol. The Morgan fingerprint density at radius 1 is 0.556 bits per heavy atom. The van der Waals surface area contributed by atoms with Crippen LogP contribution in [0.4, 0.5) is 0 Å². The highest BCUT2D eigenvalue weighted by molar-refractivity contribution is 7.47. The number of esters is 2. The first kappa shape index (κ1) is 50.6. The molecule has 0 heterocycles. The lowest BCUT2D eigenvalue weighted by atomic mass is 9.85. The molecule has 0 aromatic rings. The van der Waals surface area contributed by atoms with E-state index in [0.29, 0.717) is 12.8 Å². The number of phosphoric ester groups is 1. The van der Waals surface area contributed by atoms with Gasteiger partial charge in [-0.1, -0.05) is 135 Å². The second kappa shape index (κ2) is 31.6. The van der Waals surface area contributed by atoms with Crippen LogP contribution in [0, 0.1) is 0 Å². The van der Waals surface area contributed by atoms with Crippen molar-refractivity contribution in [2.75, 3.05) is 13.2 Å². The summed E-state index contributed by atoms with van der Waals surface area (Å²) in [6.07, 6.45) is 17.1. The minimum absolute atomic E-state index is 0.0902. The van der Waals surface area contributed by atoms with E-state index >= 15 is 0 Å². The van der Waals surface area contributed by atoms with Crippen LogP contribution in [0.1, 0.15) is 174 Å². The molecule has 1 aliphatic rings. The Kier molecular flexibility index (Phi) is 29.7. The van der Waals surface area contributed by atoms with Gasteiger partial charge in [-0.25, -0.2) is 4.57 Å². The topological polar surface area (TPSA) is 210 Å². The summed E-state index contributed by atoms with van der Waals surface area (Å²) >= 11 is 0. The molecule has 0 amide bonds. The molecule has 13 nitrogen and oxygen atoms in total. The van der Waals surface area contributed by atoms with Gasteiger partial charge in [0.05, 0.1) is 6.61 Å². The van der Waals surface area contributed by atoms with Crippen molar-refractivity contribution in [1.29, 1.82) is 0 Å². The summed E-state index contributed by atoms with van der Waals surface area (Å²) in [7, 11) is -5.11. The van der Waals surface area contributed by atoms with Crippen molar-refractivity contribution >= 4 is 19.8 Å². The van der Waals surface area contributed by atoms with Crippen molar-refractivity contribution in [3.05, 3.63) is 12.2 Å². The van der Waals surface area contributed by atoms with E-state index in [2.05, 4.69) is 26.0 Å². The quantitative estimate of drug-likeness (QED) is 0.0166. The number of unbranched alkanes of at least 4 members (excludes halogenated alkanes) is 20. The molecule has 0 aliphatic heterocycles. The van der Waals surface area contributed by atoms with Crippen molar-refractivity contribution < 1.29 is 63.1 Å². The molecule has 0 radical (unpaired) electrons. The lowest BCUT2D eigenvalue weighted by Gasteiger charge is -2.41. The minimum Gasteiger partial charge on any atom is -0.462 e. The molecule has 1 fully saturated rings.